The number of carbonyl (C=O) groups is 2. The van der Waals surface area contributed by atoms with Gasteiger partial charge in [-0.15, -0.1) is 0 Å². The third kappa shape index (κ3) is 7.28. The third-order valence-corrected chi connectivity index (χ3v) is 4.80. The van der Waals surface area contributed by atoms with Crippen molar-refractivity contribution in [3.63, 3.8) is 0 Å². The van der Waals surface area contributed by atoms with E-state index in [0.717, 1.165) is 11.0 Å². The maximum Gasteiger partial charge on any atom is 0.433 e. The van der Waals surface area contributed by atoms with Crippen LogP contribution < -0.4 is 10.1 Å². The van der Waals surface area contributed by atoms with Crippen LogP contribution in [0, 0.1) is 0 Å². The van der Waals surface area contributed by atoms with Crippen LogP contribution in [0.25, 0.3) is 0 Å². The number of aliphatic hydroxyl groups excluding tert-OH is 1. The summed E-state index contributed by atoms with van der Waals surface area (Å²) in [4.78, 5) is 29.1. The van der Waals surface area contributed by atoms with Crippen molar-refractivity contribution in [2.75, 3.05) is 13.1 Å². The fourth-order valence-electron chi connectivity index (χ4n) is 3.26. The molecule has 2 N–H and O–H groups in total. The highest BCUT2D eigenvalue weighted by Crippen LogP contribution is 2.31. The van der Waals surface area contributed by atoms with E-state index in [4.69, 9.17) is 9.47 Å². The van der Waals surface area contributed by atoms with E-state index in [9.17, 15) is 32.3 Å². The lowest BCUT2D eigenvalue weighted by Crippen LogP contribution is -2.32. The minimum absolute atomic E-state index is 0.0188. The number of alkyl carbamates (subject to hydrolysis) is 1. The normalized spacial score (nSPS) is 18.3. The molecule has 1 saturated heterocycles. The van der Waals surface area contributed by atoms with E-state index in [-0.39, 0.29) is 36.5 Å². The molecule has 0 spiro atoms. The van der Waals surface area contributed by atoms with Crippen molar-refractivity contribution in [2.45, 2.75) is 51.4 Å². The summed E-state index contributed by atoms with van der Waals surface area (Å²) < 4.78 is 64.3. The highest BCUT2D eigenvalue weighted by atomic mass is 19.4. The molecule has 1 aromatic heterocycles. The average Bonchev–Trinajstić information content (AvgIpc) is 3.08. The van der Waals surface area contributed by atoms with Crippen LogP contribution in [0.2, 0.25) is 0 Å². The topological polar surface area (TPSA) is 101 Å². The number of hydrogen-bond acceptors (Lipinski definition) is 6. The Bertz CT molecular complexity index is 1080. The quantitative estimate of drug-likeness (QED) is 0.602. The van der Waals surface area contributed by atoms with Gasteiger partial charge in [0.05, 0.1) is 6.54 Å². The molecule has 12 heteroatoms. The Labute approximate surface area is 198 Å². The number of ether oxygens (including phenoxy) is 2. The second-order valence-corrected chi connectivity index (χ2v) is 8.98. The van der Waals surface area contributed by atoms with Crippen molar-refractivity contribution in [2.24, 2.45) is 0 Å². The summed E-state index contributed by atoms with van der Waals surface area (Å²) >= 11 is 0. The molecular weight excluding hydrogens is 474 g/mol. The summed E-state index contributed by atoms with van der Waals surface area (Å²) in [5.74, 6) is -0.954. The van der Waals surface area contributed by atoms with Crippen LogP contribution in [0.4, 0.5) is 22.4 Å². The van der Waals surface area contributed by atoms with Gasteiger partial charge in [-0.2, -0.15) is 13.2 Å². The Morgan fingerprint density at radius 1 is 1.17 bits per heavy atom. The molecule has 1 aromatic carbocycles. The van der Waals surface area contributed by atoms with Gasteiger partial charge in [0.2, 0.25) is 5.88 Å². The largest absolute Gasteiger partial charge is 0.444 e. The summed E-state index contributed by atoms with van der Waals surface area (Å²) in [7, 11) is 0. The lowest BCUT2D eigenvalue weighted by Gasteiger charge is -2.20. The smallest absolute Gasteiger partial charge is 0.433 e. The number of hydrogen-bond donors (Lipinski definition) is 2. The monoisotopic (exact) mass is 499 g/mol. The number of amides is 2. The van der Waals surface area contributed by atoms with E-state index in [1.54, 1.807) is 20.8 Å². The number of alkyl halides is 4. The summed E-state index contributed by atoms with van der Waals surface area (Å²) in [6, 6.07) is 7.56. The lowest BCUT2D eigenvalue weighted by atomic mass is 10.2. The number of carbonyl (C=O) groups excluding carboxylic acids is 2. The summed E-state index contributed by atoms with van der Waals surface area (Å²) in [6.07, 6.45) is -8.42. The maximum atomic E-state index is 13.6. The molecule has 35 heavy (non-hydrogen) atoms. The van der Waals surface area contributed by atoms with Gasteiger partial charge in [0.1, 0.15) is 29.3 Å². The Kier molecular flexibility index (Phi) is 7.53. The third-order valence-electron chi connectivity index (χ3n) is 4.80. The number of likely N-dealkylation sites (tertiary alicyclic amines) is 1. The number of pyridine rings is 1. The fourth-order valence-corrected chi connectivity index (χ4v) is 3.26. The van der Waals surface area contributed by atoms with Crippen molar-refractivity contribution in [1.29, 1.82) is 0 Å². The molecule has 1 aliphatic heterocycles. The molecule has 190 valence electrons. The molecule has 3 rings (SSSR count). The minimum atomic E-state index is -4.78. The molecule has 0 bridgehead atoms. The van der Waals surface area contributed by atoms with Crippen molar-refractivity contribution in [3.05, 3.63) is 53.2 Å². The lowest BCUT2D eigenvalue weighted by molar-refractivity contribution is -0.141. The molecule has 1 aliphatic rings. The first-order chi connectivity index (χ1) is 16.2. The van der Waals surface area contributed by atoms with Crippen LogP contribution in [0.1, 0.15) is 42.4 Å². The number of nitrogens with one attached hydrogen (secondary N) is 1. The van der Waals surface area contributed by atoms with Gasteiger partial charge in [0.15, 0.2) is 0 Å². The van der Waals surface area contributed by atoms with Gasteiger partial charge in [-0.3, -0.25) is 4.79 Å². The molecule has 2 amide bonds. The Balaban J connectivity index is 1.79. The van der Waals surface area contributed by atoms with E-state index in [1.165, 1.54) is 30.3 Å². The molecule has 0 saturated carbocycles. The van der Waals surface area contributed by atoms with Crippen LogP contribution >= 0.6 is 0 Å². The van der Waals surface area contributed by atoms with Gasteiger partial charge < -0.3 is 24.8 Å². The Morgan fingerprint density at radius 2 is 1.89 bits per heavy atom. The molecule has 2 aromatic rings. The van der Waals surface area contributed by atoms with Gasteiger partial charge in [-0.05, 0) is 50.6 Å². The Morgan fingerprint density at radius 3 is 2.49 bits per heavy atom. The predicted molar refractivity (Wildman–Crippen MR) is 116 cm³/mol. The van der Waals surface area contributed by atoms with Crippen molar-refractivity contribution in [3.8, 4) is 11.6 Å². The molecule has 0 radical (unpaired) electrons. The highest BCUT2D eigenvalue weighted by molar-refractivity contribution is 5.94. The predicted octanol–water partition coefficient (Wildman–Crippen LogP) is 4.07. The standard InChI is InChI=1S/C23H25F4N3O5/c1-22(2,3)35-21(33)28-10-13-7-18(23(25,26)27)29-19(8-13)34-15-6-4-5-14(9-15)20(32)30-11-16(24)17(31)12-30/h4-9,16-17,31H,10-12H2,1-3H3,(H,28,33)/t16-,17+/m1/s1. The molecule has 1 fully saturated rings. The number of benzene rings is 1. The van der Waals surface area contributed by atoms with Crippen molar-refractivity contribution < 1.29 is 41.7 Å². The van der Waals surface area contributed by atoms with E-state index in [0.29, 0.717) is 0 Å². The summed E-state index contributed by atoms with van der Waals surface area (Å²) in [5, 5.41) is 11.9. The van der Waals surface area contributed by atoms with Gasteiger partial charge in [-0.1, -0.05) is 6.07 Å². The molecule has 2 heterocycles. The molecule has 0 aliphatic carbocycles. The van der Waals surface area contributed by atoms with Gasteiger partial charge in [0.25, 0.3) is 5.91 Å². The van der Waals surface area contributed by atoms with E-state index in [2.05, 4.69) is 10.3 Å². The van der Waals surface area contributed by atoms with Crippen LogP contribution in [-0.2, 0) is 17.5 Å². The number of aromatic nitrogens is 1. The van der Waals surface area contributed by atoms with E-state index in [1.807, 2.05) is 0 Å². The average molecular weight is 499 g/mol. The second kappa shape index (κ2) is 10.1. The zero-order valence-corrected chi connectivity index (χ0v) is 19.2. The van der Waals surface area contributed by atoms with Crippen LogP contribution in [0.15, 0.2) is 36.4 Å². The van der Waals surface area contributed by atoms with Crippen LogP contribution in [0.5, 0.6) is 11.6 Å². The van der Waals surface area contributed by atoms with E-state index >= 15 is 0 Å². The maximum absolute atomic E-state index is 13.6. The van der Waals surface area contributed by atoms with Crippen LogP contribution in [0.3, 0.4) is 0 Å². The van der Waals surface area contributed by atoms with Crippen LogP contribution in [-0.4, -0.2) is 58.0 Å². The molecular formula is C23H25F4N3O5. The SMILES string of the molecule is CC(C)(C)OC(=O)NCc1cc(Oc2cccc(C(=O)N3C[C@@H](F)[C@@H](O)C3)c2)nc(C(F)(F)F)c1. The highest BCUT2D eigenvalue weighted by Gasteiger charge is 2.35. The minimum Gasteiger partial charge on any atom is -0.444 e. The molecule has 0 unspecified atom stereocenters. The molecule has 2 atom stereocenters. The Hall–Kier alpha value is -3.41. The van der Waals surface area contributed by atoms with Gasteiger partial charge in [-0.25, -0.2) is 14.2 Å². The van der Waals surface area contributed by atoms with Gasteiger partial charge in [0, 0.05) is 24.7 Å². The second-order valence-electron chi connectivity index (χ2n) is 8.98. The number of aliphatic hydroxyl groups is 1. The zero-order chi connectivity index (χ0) is 26.0. The summed E-state index contributed by atoms with van der Waals surface area (Å²) in [5.41, 5.74) is -1.86. The number of β-amino-alcohol motifs (C(OH)–C–C–N with tert-alkyl or cyclic N) is 1. The van der Waals surface area contributed by atoms with Crippen molar-refractivity contribution in [1.82, 2.24) is 15.2 Å². The molecule has 8 nitrogen and oxygen atoms in total. The number of rotatable bonds is 5. The number of nitrogens with zero attached hydrogens (tertiary/aromatic N) is 2. The first kappa shape index (κ1) is 26.2. The first-order valence-electron chi connectivity index (χ1n) is 10.7. The van der Waals surface area contributed by atoms with Gasteiger partial charge >= 0.3 is 12.3 Å². The zero-order valence-electron chi connectivity index (χ0n) is 19.2. The van der Waals surface area contributed by atoms with Crippen molar-refractivity contribution >= 4 is 12.0 Å². The summed E-state index contributed by atoms with van der Waals surface area (Å²) in [6.45, 7) is 4.22. The number of halogens is 4. The first-order valence-corrected chi connectivity index (χ1v) is 10.7. The van der Waals surface area contributed by atoms with E-state index < -0.39 is 47.6 Å². The fraction of sp³-hybridized carbons (Fsp3) is 0.435.